The van der Waals surface area contributed by atoms with Gasteiger partial charge in [-0.15, -0.1) is 0 Å². The molecule has 2 heterocycles. The maximum atomic E-state index is 13.4. The Balaban J connectivity index is 1.32. The lowest BCUT2D eigenvalue weighted by atomic mass is 9.65. The third-order valence-electron chi connectivity index (χ3n) is 10.7. The van der Waals surface area contributed by atoms with Crippen molar-refractivity contribution >= 4 is 33.2 Å². The second kappa shape index (κ2) is 10.5. The molecule has 41 heavy (non-hydrogen) atoms. The number of methoxy groups -OCH3 is 1. The van der Waals surface area contributed by atoms with Crippen molar-refractivity contribution in [3.05, 3.63) is 58.1 Å². The number of sulfonamides is 1. The fraction of sp³-hybridized carbons (Fsp3) is 0.594. The topological polar surface area (TPSA) is 84.9 Å². The number of hydrogen-bond acceptors (Lipinski definition) is 6. The standard InChI is InChI=1S/C32H39ClN2O5S/c1-39-30-21-4-2-6-25(15-21)41(37,38)34-31(36)22-8-12-29-28(16-22)35(17-23-7-10-26(23)30)18-32(19-40-29)13-3-5-20-14-24(33)9-11-27(20)32/h8-9,11-12,14,16,21,23,25-26,30H,2-7,10,13,15,17-19H2,1H3,(H,34,36)/t21-,23-,25+,26+,30+,32-/m0/s1. The zero-order valence-corrected chi connectivity index (χ0v) is 25.2. The average Bonchev–Trinajstić information content (AvgIpc) is 3.10. The van der Waals surface area contributed by atoms with E-state index in [1.54, 1.807) is 13.2 Å². The van der Waals surface area contributed by atoms with Gasteiger partial charge in [0.05, 0.1) is 23.6 Å². The molecule has 0 saturated heterocycles. The van der Waals surface area contributed by atoms with Crippen LogP contribution < -0.4 is 14.4 Å². The summed E-state index contributed by atoms with van der Waals surface area (Å²) in [5, 5.41) is 0.181. The summed E-state index contributed by atoms with van der Waals surface area (Å²) in [4.78, 5) is 15.8. The summed E-state index contributed by atoms with van der Waals surface area (Å²) in [6, 6.07) is 11.6. The van der Waals surface area contributed by atoms with Gasteiger partial charge in [-0.3, -0.25) is 4.79 Å². The van der Waals surface area contributed by atoms with Crippen molar-refractivity contribution in [2.75, 3.05) is 31.7 Å². The average molecular weight is 599 g/mol. The van der Waals surface area contributed by atoms with Gasteiger partial charge in [0.1, 0.15) is 5.75 Å². The molecule has 1 spiro atoms. The Morgan fingerprint density at radius 3 is 2.76 bits per heavy atom. The first-order valence-electron chi connectivity index (χ1n) is 15.2. The number of amides is 1. The number of rotatable bonds is 1. The van der Waals surface area contributed by atoms with E-state index in [0.717, 1.165) is 74.5 Å². The lowest BCUT2D eigenvalue weighted by molar-refractivity contribution is -0.0589. The van der Waals surface area contributed by atoms with E-state index in [2.05, 4.69) is 21.8 Å². The SMILES string of the molecule is CO[C@@H]1[C@H]2CCC[C@H](C2)S(=O)(=O)NC(=O)c2ccc3c(c2)N(C[C@@H]2CC[C@H]21)C[C@@]1(CCCc2cc(Cl)ccc21)CO3. The molecule has 4 bridgehead atoms. The Morgan fingerprint density at radius 2 is 1.95 bits per heavy atom. The Bertz CT molecular complexity index is 1460. The van der Waals surface area contributed by atoms with E-state index < -0.39 is 21.2 Å². The second-order valence-corrected chi connectivity index (χ2v) is 15.4. The first kappa shape index (κ1) is 27.5. The maximum Gasteiger partial charge on any atom is 0.264 e. The van der Waals surface area contributed by atoms with Gasteiger partial charge in [0.25, 0.3) is 5.91 Å². The highest BCUT2D eigenvalue weighted by Gasteiger charge is 2.47. The van der Waals surface area contributed by atoms with Crippen molar-refractivity contribution < 1.29 is 22.7 Å². The molecule has 0 aromatic heterocycles. The summed E-state index contributed by atoms with van der Waals surface area (Å²) in [5.74, 6) is 1.14. The molecule has 5 aliphatic rings. The number of nitrogens with one attached hydrogen (secondary N) is 1. The van der Waals surface area contributed by atoms with E-state index in [0.29, 0.717) is 36.8 Å². The number of carbonyl (C=O) groups excluding carboxylic acids is 1. The highest BCUT2D eigenvalue weighted by atomic mass is 35.5. The van der Waals surface area contributed by atoms with E-state index in [-0.39, 0.29) is 17.4 Å². The maximum absolute atomic E-state index is 13.4. The predicted octanol–water partition coefficient (Wildman–Crippen LogP) is 5.49. The molecule has 7 nitrogen and oxygen atoms in total. The van der Waals surface area contributed by atoms with Crippen LogP contribution in [-0.4, -0.2) is 52.5 Å². The summed E-state index contributed by atoms with van der Waals surface area (Å²) >= 11 is 6.41. The molecular weight excluding hydrogens is 560 g/mol. The summed E-state index contributed by atoms with van der Waals surface area (Å²) in [7, 11) is -2.04. The normalized spacial score (nSPS) is 34.1. The number of fused-ring (bicyclic) bond motifs is 6. The first-order valence-corrected chi connectivity index (χ1v) is 17.1. The van der Waals surface area contributed by atoms with Gasteiger partial charge in [-0.2, -0.15) is 0 Å². The third-order valence-corrected chi connectivity index (χ3v) is 12.7. The lowest BCUT2D eigenvalue weighted by Crippen LogP contribution is -2.51. The second-order valence-electron chi connectivity index (χ2n) is 13.0. The van der Waals surface area contributed by atoms with Gasteiger partial charge in [0.15, 0.2) is 0 Å². The number of ether oxygens (including phenoxy) is 2. The first-order chi connectivity index (χ1) is 19.8. The Kier molecular flexibility index (Phi) is 7.02. The molecular formula is C32H39ClN2O5S. The molecule has 9 heteroatoms. The van der Waals surface area contributed by atoms with Crippen LogP contribution in [0.1, 0.15) is 72.9 Å². The fourth-order valence-corrected chi connectivity index (χ4v) is 10.3. The van der Waals surface area contributed by atoms with Crippen molar-refractivity contribution in [1.29, 1.82) is 0 Å². The molecule has 0 unspecified atom stereocenters. The van der Waals surface area contributed by atoms with Crippen LogP contribution in [0.2, 0.25) is 5.02 Å². The number of hydrogen-bond donors (Lipinski definition) is 1. The number of aryl methyl sites for hydroxylation is 1. The van der Waals surface area contributed by atoms with Crippen molar-refractivity contribution in [3.63, 3.8) is 0 Å². The molecule has 2 aromatic carbocycles. The molecule has 2 saturated carbocycles. The number of nitrogens with zero attached hydrogens (tertiary/aromatic N) is 1. The third kappa shape index (κ3) is 4.84. The lowest BCUT2D eigenvalue weighted by Gasteiger charge is -2.48. The van der Waals surface area contributed by atoms with Crippen LogP contribution >= 0.6 is 11.6 Å². The monoisotopic (exact) mass is 598 g/mol. The van der Waals surface area contributed by atoms with E-state index in [1.807, 2.05) is 18.2 Å². The van der Waals surface area contributed by atoms with Crippen LogP contribution in [0.3, 0.4) is 0 Å². The summed E-state index contributed by atoms with van der Waals surface area (Å²) in [5.41, 5.74) is 3.60. The predicted molar refractivity (Wildman–Crippen MR) is 159 cm³/mol. The molecule has 3 aliphatic carbocycles. The zero-order valence-electron chi connectivity index (χ0n) is 23.6. The Hall–Kier alpha value is -2.29. The van der Waals surface area contributed by atoms with Crippen molar-refractivity contribution in [2.45, 2.75) is 74.6 Å². The van der Waals surface area contributed by atoms with Crippen LogP contribution in [0, 0.1) is 17.8 Å². The van der Waals surface area contributed by atoms with Crippen molar-refractivity contribution in [2.24, 2.45) is 17.8 Å². The van der Waals surface area contributed by atoms with Crippen LogP contribution in [0.5, 0.6) is 5.75 Å². The molecule has 220 valence electrons. The van der Waals surface area contributed by atoms with Gasteiger partial charge in [-0.05, 0) is 111 Å². The van der Waals surface area contributed by atoms with Crippen LogP contribution in [0.4, 0.5) is 5.69 Å². The van der Waals surface area contributed by atoms with Gasteiger partial charge in [-0.25, -0.2) is 13.1 Å². The number of halogens is 1. The van der Waals surface area contributed by atoms with E-state index >= 15 is 0 Å². The van der Waals surface area contributed by atoms with E-state index in [1.165, 1.54) is 11.1 Å². The summed E-state index contributed by atoms with van der Waals surface area (Å²) in [6.45, 7) is 2.17. The van der Waals surface area contributed by atoms with Gasteiger partial charge in [0, 0.05) is 36.2 Å². The number of anilines is 1. The van der Waals surface area contributed by atoms with Crippen LogP contribution in [0.15, 0.2) is 36.4 Å². The van der Waals surface area contributed by atoms with Gasteiger partial charge in [0.2, 0.25) is 10.0 Å². The minimum absolute atomic E-state index is 0.0194. The number of carbonyl (C=O) groups is 1. The molecule has 1 N–H and O–H groups in total. The summed E-state index contributed by atoms with van der Waals surface area (Å²) in [6.07, 6.45) is 8.21. The van der Waals surface area contributed by atoms with Gasteiger partial charge < -0.3 is 14.4 Å². The quantitative estimate of drug-likeness (QED) is 0.468. The Morgan fingerprint density at radius 1 is 1.07 bits per heavy atom. The fourth-order valence-electron chi connectivity index (χ4n) is 8.54. The number of benzene rings is 2. The molecule has 1 amide bonds. The molecule has 6 atom stereocenters. The highest BCUT2D eigenvalue weighted by molar-refractivity contribution is 7.90. The highest BCUT2D eigenvalue weighted by Crippen LogP contribution is 2.48. The Labute approximate surface area is 248 Å². The van der Waals surface area contributed by atoms with Crippen LogP contribution in [-0.2, 0) is 26.6 Å². The molecule has 2 aromatic rings. The molecule has 0 radical (unpaired) electrons. The van der Waals surface area contributed by atoms with Crippen molar-refractivity contribution in [1.82, 2.24) is 4.72 Å². The van der Waals surface area contributed by atoms with Gasteiger partial charge >= 0.3 is 0 Å². The minimum atomic E-state index is -3.82. The minimum Gasteiger partial charge on any atom is -0.490 e. The van der Waals surface area contributed by atoms with Crippen LogP contribution in [0.25, 0.3) is 0 Å². The molecule has 2 aliphatic heterocycles. The van der Waals surface area contributed by atoms with E-state index in [9.17, 15) is 13.2 Å². The smallest absolute Gasteiger partial charge is 0.264 e. The van der Waals surface area contributed by atoms with Crippen molar-refractivity contribution in [3.8, 4) is 5.75 Å². The largest absolute Gasteiger partial charge is 0.490 e. The molecule has 7 rings (SSSR count). The summed E-state index contributed by atoms with van der Waals surface area (Å²) < 4.78 is 42.0. The van der Waals surface area contributed by atoms with E-state index in [4.69, 9.17) is 21.1 Å². The zero-order chi connectivity index (χ0) is 28.4. The van der Waals surface area contributed by atoms with Gasteiger partial charge in [-0.1, -0.05) is 24.1 Å². The molecule has 2 fully saturated rings.